The smallest absolute Gasteiger partial charge is 0.356 e. The van der Waals surface area contributed by atoms with Crippen molar-refractivity contribution in [2.45, 2.75) is 6.92 Å². The molecule has 2 aromatic heterocycles. The predicted octanol–water partition coefficient (Wildman–Crippen LogP) is 5.42. The highest BCUT2D eigenvalue weighted by atomic mass is 31.2. The van der Waals surface area contributed by atoms with Crippen LogP contribution in [0.2, 0.25) is 0 Å². The van der Waals surface area contributed by atoms with Gasteiger partial charge in [0.1, 0.15) is 11.3 Å². The average molecular weight is 492 g/mol. The van der Waals surface area contributed by atoms with Crippen molar-refractivity contribution in [2.75, 3.05) is 6.61 Å². The summed E-state index contributed by atoms with van der Waals surface area (Å²) in [7, 11) is -2.62. The van der Waals surface area contributed by atoms with Gasteiger partial charge in [0.2, 0.25) is 0 Å². The van der Waals surface area contributed by atoms with Gasteiger partial charge < -0.3 is 9.14 Å². The van der Waals surface area contributed by atoms with E-state index in [2.05, 4.69) is 41.4 Å². The van der Waals surface area contributed by atoms with Crippen LogP contribution in [0.1, 0.15) is 12.5 Å². The number of fused-ring (bicyclic) bond motifs is 1. The zero-order valence-electron chi connectivity index (χ0n) is 19.9. The van der Waals surface area contributed by atoms with E-state index >= 15 is 0 Å². The highest BCUT2D eigenvalue weighted by Crippen LogP contribution is 2.48. The number of rotatable bonds is 7. The van der Waals surface area contributed by atoms with E-state index in [1.165, 1.54) is 0 Å². The summed E-state index contributed by atoms with van der Waals surface area (Å²) in [5.74, 6) is -0.449. The number of pyridine rings is 1. The second-order valence-corrected chi connectivity index (χ2v) is 11.2. The van der Waals surface area contributed by atoms with Gasteiger partial charge in [0.15, 0.2) is 0 Å². The second kappa shape index (κ2) is 10.6. The first-order valence-corrected chi connectivity index (χ1v) is 13.6. The van der Waals surface area contributed by atoms with E-state index < -0.39 is 13.0 Å². The maximum Gasteiger partial charge on any atom is 0.356 e. The van der Waals surface area contributed by atoms with Crippen molar-refractivity contribution < 1.29 is 9.53 Å². The number of nitrogens with zero attached hydrogens (tertiary/aromatic N) is 3. The Bertz CT molecular complexity index is 1460. The lowest BCUT2D eigenvalue weighted by Crippen LogP contribution is -2.26. The fourth-order valence-corrected chi connectivity index (χ4v) is 7.74. The van der Waals surface area contributed by atoms with Crippen LogP contribution in [0, 0.1) is 0 Å². The molecule has 5 nitrogen and oxygen atoms in total. The molecule has 6 heteroatoms. The summed E-state index contributed by atoms with van der Waals surface area (Å²) in [6.07, 6.45) is 7.37. The molecule has 5 aromatic rings. The van der Waals surface area contributed by atoms with E-state index in [-0.39, 0.29) is 12.3 Å². The largest absolute Gasteiger partial charge is 0.461 e. The quantitative estimate of drug-likeness (QED) is 0.174. The van der Waals surface area contributed by atoms with Crippen LogP contribution in [-0.2, 0) is 9.53 Å². The number of hydrogen-bond donors (Lipinski definition) is 0. The lowest BCUT2D eigenvalue weighted by atomic mass is 10.2. The van der Waals surface area contributed by atoms with Gasteiger partial charge in [-0.25, -0.2) is 14.5 Å². The summed E-state index contributed by atoms with van der Waals surface area (Å²) in [6.45, 7) is 2.07. The van der Waals surface area contributed by atoms with Crippen molar-refractivity contribution in [2.24, 2.45) is 4.74 Å². The molecule has 0 aliphatic rings. The average Bonchev–Trinajstić information content (AvgIpc) is 3.41. The summed E-state index contributed by atoms with van der Waals surface area (Å²) in [5, 5.41) is 3.17. The van der Waals surface area contributed by atoms with Crippen LogP contribution in [0.3, 0.4) is 0 Å². The van der Waals surface area contributed by atoms with Crippen molar-refractivity contribution in [3.05, 3.63) is 133 Å². The summed E-state index contributed by atoms with van der Waals surface area (Å²) < 4.78 is 12.8. The number of esters is 1. The van der Waals surface area contributed by atoms with Crippen molar-refractivity contribution >= 4 is 40.7 Å². The molecule has 0 aliphatic carbocycles. The Balaban J connectivity index is 1.85. The van der Waals surface area contributed by atoms with E-state index in [0.29, 0.717) is 0 Å². The summed E-state index contributed by atoms with van der Waals surface area (Å²) in [5.41, 5.74) is 1.95. The van der Waals surface area contributed by atoms with Crippen LogP contribution in [-0.4, -0.2) is 22.0 Å². The Hall–Kier alpha value is -4.21. The zero-order valence-corrected chi connectivity index (χ0v) is 20.8. The number of aromatic nitrogens is 2. The number of imidazole rings is 1. The molecule has 2 heterocycles. The molecule has 0 saturated carbocycles. The predicted molar refractivity (Wildman–Crippen MR) is 147 cm³/mol. The molecular weight excluding hydrogens is 465 g/mol. The fraction of sp³-hybridized carbons (Fsp3) is 0.0667. The van der Waals surface area contributed by atoms with Gasteiger partial charge >= 0.3 is 5.97 Å². The fourth-order valence-electron chi connectivity index (χ4n) is 4.23. The molecule has 0 spiro atoms. The molecule has 3 aromatic carbocycles. The number of ether oxygens (including phenoxy) is 1. The minimum absolute atomic E-state index is 0.264. The molecular formula is C30H26N3O2P. The van der Waals surface area contributed by atoms with Crippen LogP contribution in [0.15, 0.2) is 132 Å². The lowest BCUT2D eigenvalue weighted by Gasteiger charge is -2.27. The van der Waals surface area contributed by atoms with E-state index in [9.17, 15) is 4.79 Å². The van der Waals surface area contributed by atoms with E-state index in [0.717, 1.165) is 27.1 Å². The molecule has 36 heavy (non-hydrogen) atoms. The first-order chi connectivity index (χ1) is 17.7. The topological polar surface area (TPSA) is 56.0 Å². The molecule has 0 N–H and O–H groups in total. The molecule has 0 amide bonds. The highest BCUT2D eigenvalue weighted by molar-refractivity contribution is 7.87. The normalized spacial score (nSPS) is 11.9. The maximum atomic E-state index is 13.3. The van der Waals surface area contributed by atoms with E-state index in [4.69, 9.17) is 9.48 Å². The summed E-state index contributed by atoms with van der Waals surface area (Å²) in [4.78, 5) is 17.7. The van der Waals surface area contributed by atoms with Gasteiger partial charge in [-0.2, -0.15) is 0 Å². The molecule has 0 saturated heterocycles. The van der Waals surface area contributed by atoms with Gasteiger partial charge in [0.05, 0.1) is 13.7 Å². The third kappa shape index (κ3) is 4.66. The van der Waals surface area contributed by atoms with Crippen LogP contribution < -0.4 is 15.9 Å². The van der Waals surface area contributed by atoms with Gasteiger partial charge in [-0.3, -0.25) is 0 Å². The Morgan fingerprint density at radius 3 is 1.94 bits per heavy atom. The molecule has 0 fully saturated rings. The van der Waals surface area contributed by atoms with Gasteiger partial charge in [-0.1, -0.05) is 91.0 Å². The molecule has 178 valence electrons. The number of carbonyl (C=O) groups is 1. The maximum absolute atomic E-state index is 13.3. The molecule has 0 atom stereocenters. The summed E-state index contributed by atoms with van der Waals surface area (Å²) in [6, 6.07) is 34.5. The molecule has 0 unspecified atom stereocenters. The summed E-state index contributed by atoms with van der Waals surface area (Å²) >= 11 is 0. The van der Waals surface area contributed by atoms with Gasteiger partial charge in [-0.15, -0.1) is 0 Å². The Morgan fingerprint density at radius 2 is 1.42 bits per heavy atom. The minimum Gasteiger partial charge on any atom is -0.461 e. The van der Waals surface area contributed by atoms with Crippen molar-refractivity contribution in [1.82, 2.24) is 9.38 Å². The van der Waals surface area contributed by atoms with Crippen molar-refractivity contribution in [1.29, 1.82) is 0 Å². The second-order valence-electron chi connectivity index (χ2n) is 8.15. The van der Waals surface area contributed by atoms with Gasteiger partial charge in [0, 0.05) is 34.5 Å². The van der Waals surface area contributed by atoms with Gasteiger partial charge in [-0.05, 0) is 30.7 Å². The Labute approximate surface area is 210 Å². The molecule has 5 rings (SSSR count). The van der Waals surface area contributed by atoms with E-state index in [1.807, 2.05) is 83.5 Å². The SMILES string of the molecule is CCOC(=O)/C(=C\c1ccc2nccn2c1)N=P(c1ccccc1)(c1ccccc1)c1ccccc1. The lowest BCUT2D eigenvalue weighted by molar-refractivity contribution is -0.138. The molecule has 0 bridgehead atoms. The zero-order chi connectivity index (χ0) is 24.8. The van der Waals surface area contributed by atoms with E-state index in [1.54, 1.807) is 19.2 Å². The number of carbonyl (C=O) groups excluding carboxylic acids is 1. The van der Waals surface area contributed by atoms with Crippen LogP contribution in [0.4, 0.5) is 0 Å². The van der Waals surface area contributed by atoms with Crippen LogP contribution in [0.5, 0.6) is 0 Å². The number of hydrogen-bond acceptors (Lipinski definition) is 4. The first-order valence-electron chi connectivity index (χ1n) is 11.8. The van der Waals surface area contributed by atoms with Crippen molar-refractivity contribution in [3.8, 4) is 0 Å². The first kappa shape index (κ1) is 23.5. The van der Waals surface area contributed by atoms with Gasteiger partial charge in [0.25, 0.3) is 0 Å². The number of benzene rings is 3. The highest BCUT2D eigenvalue weighted by Gasteiger charge is 2.29. The monoisotopic (exact) mass is 491 g/mol. The Kier molecular flexibility index (Phi) is 6.92. The van der Waals surface area contributed by atoms with Crippen molar-refractivity contribution in [3.63, 3.8) is 0 Å². The third-order valence-electron chi connectivity index (χ3n) is 5.85. The van der Waals surface area contributed by atoms with Crippen LogP contribution >= 0.6 is 7.05 Å². The molecule has 0 radical (unpaired) electrons. The molecule has 0 aliphatic heterocycles. The standard InChI is InChI=1S/C30H26N3O2P/c1-2-35-30(34)28(22-24-18-19-29-31-20-21-33(29)23-24)32-36(25-12-6-3-7-13-25,26-14-8-4-9-15-26)27-16-10-5-11-17-27/h3-23H,2H2,1H3/b28-22+. The minimum atomic E-state index is -2.62. The Morgan fingerprint density at radius 1 is 0.861 bits per heavy atom. The third-order valence-corrected chi connectivity index (χ3v) is 9.50. The van der Waals surface area contributed by atoms with Crippen LogP contribution in [0.25, 0.3) is 11.7 Å².